The van der Waals surface area contributed by atoms with E-state index in [4.69, 9.17) is 5.26 Å². The first-order valence-corrected chi connectivity index (χ1v) is 6.50. The van der Waals surface area contributed by atoms with Crippen LogP contribution in [0.5, 0.6) is 0 Å². The summed E-state index contributed by atoms with van der Waals surface area (Å²) in [6, 6.07) is 8.68. The van der Waals surface area contributed by atoms with Crippen molar-refractivity contribution in [2.45, 2.75) is 45.6 Å². The Morgan fingerprint density at radius 3 is 2.82 bits per heavy atom. The Kier molecular flexibility index (Phi) is 3.68. The van der Waals surface area contributed by atoms with Gasteiger partial charge >= 0.3 is 0 Å². The van der Waals surface area contributed by atoms with Gasteiger partial charge < -0.3 is 5.32 Å². The molecule has 1 N–H and O–H groups in total. The third-order valence-corrected chi connectivity index (χ3v) is 3.55. The predicted molar refractivity (Wildman–Crippen MR) is 70.9 cm³/mol. The fourth-order valence-corrected chi connectivity index (χ4v) is 2.24. The Hall–Kier alpha value is -1.49. The smallest absolute Gasteiger partial charge is 0.101 e. The molecule has 1 aromatic carbocycles. The third kappa shape index (κ3) is 3.00. The summed E-state index contributed by atoms with van der Waals surface area (Å²) in [5, 5.41) is 12.7. The van der Waals surface area contributed by atoms with Crippen LogP contribution in [0.15, 0.2) is 18.2 Å². The standard InChI is InChI=1S/C15H20N2/c1-3-14(9-12-7-8-12)17-15-11(2)5-4-6-13(15)10-16/h4-6,12,14,17H,3,7-9H2,1-2H3. The van der Waals surface area contributed by atoms with Gasteiger partial charge in [-0.05, 0) is 37.3 Å². The van der Waals surface area contributed by atoms with Crippen LogP contribution in [0.4, 0.5) is 5.69 Å². The van der Waals surface area contributed by atoms with E-state index in [9.17, 15) is 0 Å². The lowest BCUT2D eigenvalue weighted by Gasteiger charge is -2.20. The molecule has 1 aliphatic rings. The summed E-state index contributed by atoms with van der Waals surface area (Å²) in [6.07, 6.45) is 5.14. The maximum atomic E-state index is 9.13. The number of para-hydroxylation sites is 1. The van der Waals surface area contributed by atoms with E-state index in [0.29, 0.717) is 6.04 Å². The van der Waals surface area contributed by atoms with Crippen LogP contribution in [-0.2, 0) is 0 Å². The quantitative estimate of drug-likeness (QED) is 0.830. The number of aryl methyl sites for hydroxylation is 1. The van der Waals surface area contributed by atoms with E-state index >= 15 is 0 Å². The number of rotatable bonds is 5. The van der Waals surface area contributed by atoms with Crippen molar-refractivity contribution >= 4 is 5.69 Å². The molecule has 1 saturated carbocycles. The molecule has 1 unspecified atom stereocenters. The summed E-state index contributed by atoms with van der Waals surface area (Å²) in [5.74, 6) is 0.919. The monoisotopic (exact) mass is 228 g/mol. The molecule has 0 heterocycles. The molecule has 1 aliphatic carbocycles. The van der Waals surface area contributed by atoms with Gasteiger partial charge in [0.05, 0.1) is 11.3 Å². The Morgan fingerprint density at radius 2 is 2.24 bits per heavy atom. The Balaban J connectivity index is 2.12. The highest BCUT2D eigenvalue weighted by molar-refractivity contribution is 5.62. The van der Waals surface area contributed by atoms with Crippen LogP contribution in [0.3, 0.4) is 0 Å². The van der Waals surface area contributed by atoms with E-state index in [0.717, 1.165) is 23.6 Å². The van der Waals surface area contributed by atoms with Crippen LogP contribution in [-0.4, -0.2) is 6.04 Å². The number of nitrogens with one attached hydrogen (secondary N) is 1. The van der Waals surface area contributed by atoms with Crippen molar-refractivity contribution in [3.63, 3.8) is 0 Å². The van der Waals surface area contributed by atoms with Gasteiger partial charge in [-0.1, -0.05) is 31.9 Å². The summed E-state index contributed by atoms with van der Waals surface area (Å²) >= 11 is 0. The summed E-state index contributed by atoms with van der Waals surface area (Å²) in [4.78, 5) is 0. The van der Waals surface area contributed by atoms with Crippen LogP contribution in [0, 0.1) is 24.2 Å². The van der Waals surface area contributed by atoms with Crippen molar-refractivity contribution in [1.82, 2.24) is 0 Å². The number of hydrogen-bond donors (Lipinski definition) is 1. The normalized spacial score (nSPS) is 16.3. The second-order valence-electron chi connectivity index (χ2n) is 5.04. The molecule has 17 heavy (non-hydrogen) atoms. The van der Waals surface area contributed by atoms with E-state index < -0.39 is 0 Å². The zero-order valence-electron chi connectivity index (χ0n) is 10.7. The molecule has 1 aromatic rings. The van der Waals surface area contributed by atoms with Crippen LogP contribution in [0.2, 0.25) is 0 Å². The van der Waals surface area contributed by atoms with Crippen LogP contribution >= 0.6 is 0 Å². The lowest BCUT2D eigenvalue weighted by Crippen LogP contribution is -2.20. The topological polar surface area (TPSA) is 35.8 Å². The maximum absolute atomic E-state index is 9.13. The average molecular weight is 228 g/mol. The third-order valence-electron chi connectivity index (χ3n) is 3.55. The zero-order valence-corrected chi connectivity index (χ0v) is 10.7. The SMILES string of the molecule is CCC(CC1CC1)Nc1c(C)cccc1C#N. The fraction of sp³-hybridized carbons (Fsp3) is 0.533. The molecule has 2 heteroatoms. The number of nitriles is 1. The van der Waals surface area contributed by atoms with E-state index in [1.165, 1.54) is 24.8 Å². The van der Waals surface area contributed by atoms with Crippen molar-refractivity contribution in [1.29, 1.82) is 5.26 Å². The first-order valence-electron chi connectivity index (χ1n) is 6.50. The van der Waals surface area contributed by atoms with Gasteiger partial charge in [-0.15, -0.1) is 0 Å². The molecule has 1 fully saturated rings. The second kappa shape index (κ2) is 5.23. The number of hydrogen-bond acceptors (Lipinski definition) is 2. The van der Waals surface area contributed by atoms with Crippen LogP contribution < -0.4 is 5.32 Å². The van der Waals surface area contributed by atoms with Gasteiger partial charge in [-0.25, -0.2) is 0 Å². The van der Waals surface area contributed by atoms with E-state index in [2.05, 4.69) is 31.3 Å². The molecule has 0 aromatic heterocycles. The summed E-state index contributed by atoms with van der Waals surface area (Å²) in [7, 11) is 0. The summed E-state index contributed by atoms with van der Waals surface area (Å²) < 4.78 is 0. The van der Waals surface area contributed by atoms with Gasteiger partial charge in [-0.2, -0.15) is 5.26 Å². The molecule has 1 atom stereocenters. The molecular weight excluding hydrogens is 208 g/mol. The largest absolute Gasteiger partial charge is 0.381 e. The Labute approximate surface area is 104 Å². The van der Waals surface area contributed by atoms with Crippen molar-refractivity contribution < 1.29 is 0 Å². The highest BCUT2D eigenvalue weighted by atomic mass is 14.9. The van der Waals surface area contributed by atoms with Gasteiger partial charge in [-0.3, -0.25) is 0 Å². The van der Waals surface area contributed by atoms with Gasteiger partial charge in [0.2, 0.25) is 0 Å². The molecule has 0 aliphatic heterocycles. The van der Waals surface area contributed by atoms with Crippen LogP contribution in [0.1, 0.15) is 43.7 Å². The highest BCUT2D eigenvalue weighted by Crippen LogP contribution is 2.35. The maximum Gasteiger partial charge on any atom is 0.101 e. The van der Waals surface area contributed by atoms with Gasteiger partial charge in [0.15, 0.2) is 0 Å². The van der Waals surface area contributed by atoms with E-state index in [1.54, 1.807) is 0 Å². The lowest BCUT2D eigenvalue weighted by atomic mass is 10.0. The molecule has 0 radical (unpaired) electrons. The highest BCUT2D eigenvalue weighted by Gasteiger charge is 2.25. The minimum atomic E-state index is 0.510. The molecule has 0 amide bonds. The van der Waals surface area contributed by atoms with E-state index in [1.807, 2.05) is 12.1 Å². The Morgan fingerprint density at radius 1 is 1.47 bits per heavy atom. The molecule has 0 spiro atoms. The molecular formula is C15H20N2. The van der Waals surface area contributed by atoms with Gasteiger partial charge in [0.1, 0.15) is 6.07 Å². The van der Waals surface area contributed by atoms with Gasteiger partial charge in [0.25, 0.3) is 0 Å². The molecule has 0 bridgehead atoms. The zero-order chi connectivity index (χ0) is 12.3. The van der Waals surface area contributed by atoms with E-state index in [-0.39, 0.29) is 0 Å². The number of nitrogens with zero attached hydrogens (tertiary/aromatic N) is 1. The summed E-state index contributed by atoms with van der Waals surface area (Å²) in [5.41, 5.74) is 2.96. The number of benzene rings is 1. The van der Waals surface area contributed by atoms with Crippen LogP contribution in [0.25, 0.3) is 0 Å². The fourth-order valence-electron chi connectivity index (χ4n) is 2.24. The molecule has 0 saturated heterocycles. The Bertz CT molecular complexity index is 427. The van der Waals surface area contributed by atoms with Crippen molar-refractivity contribution in [3.8, 4) is 6.07 Å². The van der Waals surface area contributed by atoms with Crippen molar-refractivity contribution in [3.05, 3.63) is 29.3 Å². The molecule has 2 nitrogen and oxygen atoms in total. The summed E-state index contributed by atoms with van der Waals surface area (Å²) in [6.45, 7) is 4.28. The number of anilines is 1. The van der Waals surface area contributed by atoms with Crippen molar-refractivity contribution in [2.75, 3.05) is 5.32 Å². The molecule has 90 valence electrons. The first-order chi connectivity index (χ1) is 8.24. The van der Waals surface area contributed by atoms with Crippen molar-refractivity contribution in [2.24, 2.45) is 5.92 Å². The first kappa shape index (κ1) is 12.0. The molecule has 2 rings (SSSR count). The van der Waals surface area contributed by atoms with Gasteiger partial charge in [0, 0.05) is 6.04 Å². The average Bonchev–Trinajstić information content (AvgIpc) is 3.14. The minimum absolute atomic E-state index is 0.510. The second-order valence-corrected chi connectivity index (χ2v) is 5.04. The minimum Gasteiger partial charge on any atom is -0.381 e. The predicted octanol–water partition coefficient (Wildman–Crippen LogP) is 3.86. The lowest BCUT2D eigenvalue weighted by molar-refractivity contribution is 0.586.